The van der Waals surface area contributed by atoms with Crippen LogP contribution in [0.4, 0.5) is 0 Å². The van der Waals surface area contributed by atoms with Gasteiger partial charge in [0.1, 0.15) is 5.54 Å². The molecule has 0 radical (unpaired) electrons. The van der Waals surface area contributed by atoms with Crippen molar-refractivity contribution in [3.05, 3.63) is 53.4 Å². The van der Waals surface area contributed by atoms with Gasteiger partial charge in [0.15, 0.2) is 6.61 Å². The molecule has 1 N–H and O–H groups in total. The Morgan fingerprint density at radius 2 is 2.04 bits per heavy atom. The summed E-state index contributed by atoms with van der Waals surface area (Å²) in [7, 11) is 0. The molecule has 1 aliphatic rings. The highest BCUT2D eigenvalue weighted by molar-refractivity contribution is 7.16. The number of hydrogen-bond acceptors (Lipinski definition) is 5. The average molecular weight is 380 g/mol. The van der Waals surface area contributed by atoms with Crippen molar-refractivity contribution in [3.63, 3.8) is 0 Å². The molecule has 1 aromatic heterocycles. The summed E-state index contributed by atoms with van der Waals surface area (Å²) in [5.74, 6) is -0.875. The normalized spacial score (nSPS) is 15.7. The third-order valence-electron chi connectivity index (χ3n) is 4.44. The van der Waals surface area contributed by atoms with Crippen molar-refractivity contribution in [1.82, 2.24) is 5.32 Å². The van der Waals surface area contributed by atoms with E-state index >= 15 is 0 Å². The molecule has 138 valence electrons. The van der Waals surface area contributed by atoms with E-state index in [0.717, 1.165) is 28.2 Å². The predicted molar refractivity (Wildman–Crippen MR) is 105 cm³/mol. The monoisotopic (exact) mass is 380 g/mol. The van der Waals surface area contributed by atoms with Crippen LogP contribution in [0, 0.1) is 17.2 Å². The van der Waals surface area contributed by atoms with Gasteiger partial charge in [-0.3, -0.25) is 4.79 Å². The van der Waals surface area contributed by atoms with Gasteiger partial charge in [-0.2, -0.15) is 5.26 Å². The molecule has 0 aliphatic heterocycles. The lowest BCUT2D eigenvalue weighted by atomic mass is 9.98. The summed E-state index contributed by atoms with van der Waals surface area (Å²) >= 11 is 1.56. The summed E-state index contributed by atoms with van der Waals surface area (Å²) in [6.45, 7) is 1.30. The van der Waals surface area contributed by atoms with Crippen LogP contribution in [0.3, 0.4) is 0 Å². The number of amides is 1. The van der Waals surface area contributed by atoms with E-state index < -0.39 is 24.0 Å². The lowest BCUT2D eigenvalue weighted by Crippen LogP contribution is -2.48. The van der Waals surface area contributed by atoms with Gasteiger partial charge in [0.25, 0.3) is 5.91 Å². The van der Waals surface area contributed by atoms with E-state index in [-0.39, 0.29) is 5.92 Å². The largest absolute Gasteiger partial charge is 0.452 e. The molecule has 2 aromatic rings. The second-order valence-electron chi connectivity index (χ2n) is 6.65. The maximum absolute atomic E-state index is 11.9. The van der Waals surface area contributed by atoms with E-state index in [4.69, 9.17) is 4.74 Å². The van der Waals surface area contributed by atoms with Crippen LogP contribution in [0.15, 0.2) is 48.5 Å². The van der Waals surface area contributed by atoms with Crippen molar-refractivity contribution in [3.8, 4) is 16.5 Å². The van der Waals surface area contributed by atoms with Crippen LogP contribution in [0.2, 0.25) is 0 Å². The van der Waals surface area contributed by atoms with Gasteiger partial charge in [0.05, 0.1) is 6.07 Å². The summed E-state index contributed by atoms with van der Waals surface area (Å²) in [4.78, 5) is 25.8. The van der Waals surface area contributed by atoms with Crippen molar-refractivity contribution < 1.29 is 14.3 Å². The first kappa shape index (κ1) is 18.9. The van der Waals surface area contributed by atoms with Crippen LogP contribution in [0.1, 0.15) is 24.6 Å². The minimum Gasteiger partial charge on any atom is -0.452 e. The number of benzene rings is 1. The van der Waals surface area contributed by atoms with Gasteiger partial charge in [0.2, 0.25) is 0 Å². The minimum absolute atomic E-state index is 0.180. The summed E-state index contributed by atoms with van der Waals surface area (Å²) in [5, 5.41) is 11.9. The van der Waals surface area contributed by atoms with Crippen LogP contribution in [0.25, 0.3) is 16.5 Å². The topological polar surface area (TPSA) is 79.2 Å². The Morgan fingerprint density at radius 3 is 2.70 bits per heavy atom. The molecule has 0 saturated heterocycles. The van der Waals surface area contributed by atoms with Crippen molar-refractivity contribution in [1.29, 1.82) is 5.26 Å². The maximum atomic E-state index is 11.9. The third kappa shape index (κ3) is 5.05. The van der Waals surface area contributed by atoms with Crippen LogP contribution < -0.4 is 5.32 Å². The number of ether oxygens (including phenoxy) is 1. The fourth-order valence-corrected chi connectivity index (χ4v) is 3.66. The van der Waals surface area contributed by atoms with Gasteiger partial charge >= 0.3 is 5.97 Å². The molecule has 1 aliphatic carbocycles. The number of nitrogens with zero attached hydrogens (tertiary/aromatic N) is 1. The highest BCUT2D eigenvalue weighted by Crippen LogP contribution is 2.39. The van der Waals surface area contributed by atoms with E-state index in [2.05, 4.69) is 11.4 Å². The molecule has 0 bridgehead atoms. The SMILES string of the molecule is C[C@@](C#N)(NC(=O)COC(=O)/C=C/c1ccc(-c2ccccc2)s1)C1CC1. The molecule has 27 heavy (non-hydrogen) atoms. The minimum atomic E-state index is -0.885. The Balaban J connectivity index is 1.49. The van der Waals surface area contributed by atoms with Gasteiger partial charge < -0.3 is 10.1 Å². The smallest absolute Gasteiger partial charge is 0.331 e. The van der Waals surface area contributed by atoms with Crippen molar-refractivity contribution >= 4 is 29.3 Å². The lowest BCUT2D eigenvalue weighted by molar-refractivity contribution is -0.144. The highest BCUT2D eigenvalue weighted by Gasteiger charge is 2.43. The Bertz CT molecular complexity index is 894. The summed E-state index contributed by atoms with van der Waals surface area (Å²) in [6, 6.07) is 16.1. The molecule has 5 nitrogen and oxygen atoms in total. The first-order chi connectivity index (χ1) is 13.0. The van der Waals surface area contributed by atoms with Crippen LogP contribution in [-0.4, -0.2) is 24.0 Å². The molecule has 0 spiro atoms. The molecule has 6 heteroatoms. The van der Waals surface area contributed by atoms with Crippen LogP contribution in [0.5, 0.6) is 0 Å². The molecule has 1 saturated carbocycles. The van der Waals surface area contributed by atoms with Gasteiger partial charge in [-0.1, -0.05) is 30.3 Å². The van der Waals surface area contributed by atoms with Crippen molar-refractivity contribution in [2.24, 2.45) is 5.92 Å². The van der Waals surface area contributed by atoms with E-state index in [1.165, 1.54) is 6.08 Å². The average Bonchev–Trinajstić information content (AvgIpc) is 3.44. The zero-order valence-electron chi connectivity index (χ0n) is 15.0. The number of rotatable bonds is 7. The number of nitrogens with one attached hydrogen (secondary N) is 1. The molecule has 3 rings (SSSR count). The van der Waals surface area contributed by atoms with Gasteiger partial charge in [0, 0.05) is 15.8 Å². The molecular weight excluding hydrogens is 360 g/mol. The first-order valence-electron chi connectivity index (χ1n) is 8.72. The molecule has 1 aromatic carbocycles. The van der Waals surface area contributed by atoms with Crippen molar-refractivity contribution in [2.75, 3.05) is 6.61 Å². The fraction of sp³-hybridized carbons (Fsp3) is 0.286. The Labute approximate surface area is 162 Å². The summed E-state index contributed by atoms with van der Waals surface area (Å²) < 4.78 is 4.96. The first-order valence-corrected chi connectivity index (χ1v) is 9.54. The highest BCUT2D eigenvalue weighted by atomic mass is 32.1. The zero-order chi connectivity index (χ0) is 19.3. The maximum Gasteiger partial charge on any atom is 0.331 e. The fourth-order valence-electron chi connectivity index (χ4n) is 2.74. The number of carbonyl (C=O) groups excluding carboxylic acids is 2. The summed E-state index contributed by atoms with van der Waals surface area (Å²) in [6.07, 6.45) is 4.83. The number of thiophene rings is 1. The molecule has 0 unspecified atom stereocenters. The lowest BCUT2D eigenvalue weighted by Gasteiger charge is -2.22. The number of carbonyl (C=O) groups is 2. The standard InChI is InChI=1S/C21H20N2O3S/c1-21(14-22,16-7-8-16)23-19(24)13-26-20(25)12-10-17-9-11-18(27-17)15-5-3-2-4-6-15/h2-6,9-12,16H,7-8,13H2,1H3,(H,23,24)/b12-10+/t21-/m0/s1. The predicted octanol–water partition coefficient (Wildman–Crippen LogP) is 3.78. The van der Waals surface area contributed by atoms with E-state index in [9.17, 15) is 14.9 Å². The second kappa shape index (κ2) is 8.19. The van der Waals surface area contributed by atoms with E-state index in [0.29, 0.717) is 0 Å². The number of esters is 1. The van der Waals surface area contributed by atoms with Gasteiger partial charge in [-0.05, 0) is 49.5 Å². The zero-order valence-corrected chi connectivity index (χ0v) is 15.8. The Morgan fingerprint density at radius 1 is 1.30 bits per heavy atom. The molecule has 1 fully saturated rings. The van der Waals surface area contributed by atoms with Gasteiger partial charge in [-0.15, -0.1) is 11.3 Å². The number of nitriles is 1. The Hall–Kier alpha value is -2.91. The van der Waals surface area contributed by atoms with Crippen molar-refractivity contribution in [2.45, 2.75) is 25.3 Å². The second-order valence-corrected chi connectivity index (χ2v) is 7.76. The molecule has 1 amide bonds. The quantitative estimate of drug-likeness (QED) is 0.586. The molecule has 1 atom stereocenters. The van der Waals surface area contributed by atoms with E-state index in [1.807, 2.05) is 42.5 Å². The molecular formula is C21H20N2O3S. The molecule has 1 heterocycles. The summed E-state index contributed by atoms with van der Waals surface area (Å²) in [5.41, 5.74) is 0.238. The van der Waals surface area contributed by atoms with Crippen LogP contribution in [-0.2, 0) is 14.3 Å². The van der Waals surface area contributed by atoms with Gasteiger partial charge in [-0.25, -0.2) is 4.79 Å². The number of hydrogen-bond donors (Lipinski definition) is 1. The van der Waals surface area contributed by atoms with E-state index in [1.54, 1.807) is 24.3 Å². The Kier molecular flexibility index (Phi) is 5.72. The van der Waals surface area contributed by atoms with Crippen LogP contribution >= 0.6 is 11.3 Å². The third-order valence-corrected chi connectivity index (χ3v) is 5.54.